The average molecular weight is 200 g/mol. The molecule has 2 nitrogen and oxygen atoms in total. The van der Waals surface area contributed by atoms with Crippen molar-refractivity contribution in [3.8, 4) is 0 Å². The van der Waals surface area contributed by atoms with E-state index in [4.69, 9.17) is 4.74 Å². The molecule has 14 heavy (non-hydrogen) atoms. The first-order valence-corrected chi connectivity index (χ1v) is 5.75. The Morgan fingerprint density at radius 2 is 1.43 bits per heavy atom. The number of ether oxygens (including phenoxy) is 1. The van der Waals surface area contributed by atoms with Crippen LogP contribution in [0.5, 0.6) is 0 Å². The van der Waals surface area contributed by atoms with E-state index in [2.05, 4.69) is 0 Å². The van der Waals surface area contributed by atoms with E-state index in [1.807, 2.05) is 0 Å². The molecule has 0 aromatic heterocycles. The summed E-state index contributed by atoms with van der Waals surface area (Å²) in [5.41, 5.74) is 0. The van der Waals surface area contributed by atoms with Gasteiger partial charge in [0, 0.05) is 20.1 Å². The van der Waals surface area contributed by atoms with Crippen LogP contribution in [0.1, 0.15) is 58.3 Å². The molecule has 0 fully saturated rings. The minimum atomic E-state index is 0.324. The van der Waals surface area contributed by atoms with Gasteiger partial charge in [0.25, 0.3) is 0 Å². The number of hydrogen-bond acceptors (Lipinski definition) is 2. The van der Waals surface area contributed by atoms with Gasteiger partial charge in [-0.15, -0.1) is 0 Å². The second-order valence-corrected chi connectivity index (χ2v) is 3.92. The van der Waals surface area contributed by atoms with E-state index in [1.165, 1.54) is 38.5 Å². The molecule has 0 radical (unpaired) electrons. The van der Waals surface area contributed by atoms with Crippen molar-refractivity contribution in [3.63, 3.8) is 0 Å². The molecule has 0 amide bonds. The van der Waals surface area contributed by atoms with Gasteiger partial charge in [0.1, 0.15) is 5.78 Å². The molecule has 0 aromatic carbocycles. The molecule has 0 heterocycles. The monoisotopic (exact) mass is 200 g/mol. The average Bonchev–Trinajstić information content (AvgIpc) is 2.15. The molecule has 84 valence electrons. The van der Waals surface area contributed by atoms with Gasteiger partial charge in [-0.05, 0) is 19.8 Å². The van der Waals surface area contributed by atoms with E-state index in [-0.39, 0.29) is 0 Å². The second-order valence-electron chi connectivity index (χ2n) is 3.92. The van der Waals surface area contributed by atoms with Gasteiger partial charge < -0.3 is 9.53 Å². The van der Waals surface area contributed by atoms with Crippen LogP contribution in [0.3, 0.4) is 0 Å². The lowest BCUT2D eigenvalue weighted by molar-refractivity contribution is -0.117. The van der Waals surface area contributed by atoms with Crippen molar-refractivity contribution in [2.24, 2.45) is 0 Å². The van der Waals surface area contributed by atoms with Crippen molar-refractivity contribution in [3.05, 3.63) is 0 Å². The van der Waals surface area contributed by atoms with Crippen LogP contribution in [-0.2, 0) is 9.53 Å². The fraction of sp³-hybridized carbons (Fsp3) is 0.917. The topological polar surface area (TPSA) is 26.3 Å². The van der Waals surface area contributed by atoms with Crippen molar-refractivity contribution in [1.82, 2.24) is 0 Å². The fourth-order valence-corrected chi connectivity index (χ4v) is 1.50. The van der Waals surface area contributed by atoms with Crippen molar-refractivity contribution in [2.75, 3.05) is 13.7 Å². The van der Waals surface area contributed by atoms with Gasteiger partial charge in [-0.25, -0.2) is 0 Å². The third-order valence-electron chi connectivity index (χ3n) is 2.38. The molecule has 0 aliphatic heterocycles. The van der Waals surface area contributed by atoms with Crippen LogP contribution in [0.15, 0.2) is 0 Å². The summed E-state index contributed by atoms with van der Waals surface area (Å²) in [7, 11) is 1.75. The number of carbonyl (C=O) groups excluding carboxylic acids is 1. The summed E-state index contributed by atoms with van der Waals surface area (Å²) in [5.74, 6) is 0.324. The number of ketones is 1. The first-order valence-electron chi connectivity index (χ1n) is 5.75. The minimum absolute atomic E-state index is 0.324. The third kappa shape index (κ3) is 11.6. The molecular weight excluding hydrogens is 176 g/mol. The molecule has 0 saturated heterocycles. The normalized spacial score (nSPS) is 10.4. The van der Waals surface area contributed by atoms with E-state index in [1.54, 1.807) is 14.0 Å². The van der Waals surface area contributed by atoms with Crippen LogP contribution in [0, 0.1) is 0 Å². The van der Waals surface area contributed by atoms with Gasteiger partial charge in [0.2, 0.25) is 0 Å². The Morgan fingerprint density at radius 1 is 0.929 bits per heavy atom. The summed E-state index contributed by atoms with van der Waals surface area (Å²) in [6.07, 6.45) is 9.41. The highest BCUT2D eigenvalue weighted by atomic mass is 16.5. The molecular formula is C12H24O2. The van der Waals surface area contributed by atoms with Gasteiger partial charge in [-0.3, -0.25) is 0 Å². The number of Topliss-reactive ketones (excluding diaryl/α,β-unsaturated/α-hetero) is 1. The first-order chi connectivity index (χ1) is 6.77. The van der Waals surface area contributed by atoms with Crippen LogP contribution in [0.4, 0.5) is 0 Å². The summed E-state index contributed by atoms with van der Waals surface area (Å²) < 4.78 is 4.98. The summed E-state index contributed by atoms with van der Waals surface area (Å²) in [4.78, 5) is 10.6. The maximum atomic E-state index is 10.6. The summed E-state index contributed by atoms with van der Waals surface area (Å²) in [6.45, 7) is 2.56. The number of methoxy groups -OCH3 is 1. The molecule has 0 aliphatic rings. The fourth-order valence-electron chi connectivity index (χ4n) is 1.50. The van der Waals surface area contributed by atoms with Crippen molar-refractivity contribution in [2.45, 2.75) is 58.3 Å². The first kappa shape index (κ1) is 13.6. The highest BCUT2D eigenvalue weighted by molar-refractivity contribution is 5.75. The Balaban J connectivity index is 2.88. The molecule has 0 N–H and O–H groups in total. The van der Waals surface area contributed by atoms with Gasteiger partial charge in [-0.2, -0.15) is 0 Å². The zero-order valence-corrected chi connectivity index (χ0v) is 9.68. The van der Waals surface area contributed by atoms with E-state index in [0.29, 0.717) is 5.78 Å². The number of unbranched alkanes of at least 4 members (excludes halogenated alkanes) is 6. The molecule has 0 unspecified atom stereocenters. The van der Waals surface area contributed by atoms with Gasteiger partial charge in [0.05, 0.1) is 0 Å². The zero-order valence-electron chi connectivity index (χ0n) is 9.68. The van der Waals surface area contributed by atoms with Crippen LogP contribution in [0.2, 0.25) is 0 Å². The SMILES string of the molecule is COCCCCCCCCCC(C)=O. The Labute approximate surface area is 88.0 Å². The van der Waals surface area contributed by atoms with E-state index < -0.39 is 0 Å². The highest BCUT2D eigenvalue weighted by Gasteiger charge is 1.94. The Morgan fingerprint density at radius 3 is 1.93 bits per heavy atom. The molecule has 0 spiro atoms. The largest absolute Gasteiger partial charge is 0.385 e. The van der Waals surface area contributed by atoms with E-state index in [9.17, 15) is 4.79 Å². The lowest BCUT2D eigenvalue weighted by Gasteiger charge is -2.00. The number of rotatable bonds is 10. The van der Waals surface area contributed by atoms with Crippen LogP contribution in [0.25, 0.3) is 0 Å². The number of carbonyl (C=O) groups is 1. The minimum Gasteiger partial charge on any atom is -0.385 e. The van der Waals surface area contributed by atoms with Crippen LogP contribution < -0.4 is 0 Å². The Kier molecular flexibility index (Phi) is 10.4. The van der Waals surface area contributed by atoms with Crippen molar-refractivity contribution < 1.29 is 9.53 Å². The molecule has 0 saturated carbocycles. The zero-order chi connectivity index (χ0) is 10.6. The molecule has 2 heteroatoms. The standard InChI is InChI=1S/C12H24O2/c1-12(13)10-8-6-4-3-5-7-9-11-14-2/h3-11H2,1-2H3. The molecule has 0 rings (SSSR count). The summed E-state index contributed by atoms with van der Waals surface area (Å²) >= 11 is 0. The van der Waals surface area contributed by atoms with E-state index >= 15 is 0 Å². The molecule has 0 bridgehead atoms. The van der Waals surface area contributed by atoms with Crippen molar-refractivity contribution in [1.29, 1.82) is 0 Å². The van der Waals surface area contributed by atoms with Crippen molar-refractivity contribution >= 4 is 5.78 Å². The Bertz CT molecular complexity index is 132. The van der Waals surface area contributed by atoms with Crippen LogP contribution >= 0.6 is 0 Å². The smallest absolute Gasteiger partial charge is 0.129 e. The molecule has 0 aromatic rings. The predicted octanol–water partition coefficient (Wildman–Crippen LogP) is 3.34. The second kappa shape index (κ2) is 10.7. The van der Waals surface area contributed by atoms with Crippen LogP contribution in [-0.4, -0.2) is 19.5 Å². The third-order valence-corrected chi connectivity index (χ3v) is 2.38. The molecule has 0 aliphatic carbocycles. The maximum absolute atomic E-state index is 10.6. The maximum Gasteiger partial charge on any atom is 0.129 e. The quantitative estimate of drug-likeness (QED) is 0.505. The van der Waals surface area contributed by atoms with Gasteiger partial charge >= 0.3 is 0 Å². The summed E-state index contributed by atoms with van der Waals surface area (Å²) in [5, 5.41) is 0. The van der Waals surface area contributed by atoms with E-state index in [0.717, 1.165) is 19.4 Å². The highest BCUT2D eigenvalue weighted by Crippen LogP contribution is 2.08. The molecule has 0 atom stereocenters. The Hall–Kier alpha value is -0.370. The van der Waals surface area contributed by atoms with Gasteiger partial charge in [-0.1, -0.05) is 32.1 Å². The number of hydrogen-bond donors (Lipinski definition) is 0. The van der Waals surface area contributed by atoms with Gasteiger partial charge in [0.15, 0.2) is 0 Å². The lowest BCUT2D eigenvalue weighted by atomic mass is 10.1. The predicted molar refractivity (Wildman–Crippen MR) is 59.5 cm³/mol. The lowest BCUT2D eigenvalue weighted by Crippen LogP contribution is -1.90. The summed E-state index contributed by atoms with van der Waals surface area (Å²) in [6, 6.07) is 0.